The molecule has 0 radical (unpaired) electrons. The van der Waals surface area contributed by atoms with E-state index in [0.29, 0.717) is 0 Å². The van der Waals surface area contributed by atoms with E-state index in [-0.39, 0.29) is 0 Å². The number of aryl methyl sites for hydroxylation is 1. The van der Waals surface area contributed by atoms with Crippen LogP contribution in [0, 0.1) is 29.6 Å². The highest BCUT2D eigenvalue weighted by molar-refractivity contribution is 5.44. The van der Waals surface area contributed by atoms with E-state index in [9.17, 15) is 0 Å². The largest absolute Gasteiger partial charge is 0.0654 e. The van der Waals surface area contributed by atoms with Gasteiger partial charge in [0.1, 0.15) is 0 Å². The monoisotopic (exact) mass is 440 g/mol. The maximum Gasteiger partial charge on any atom is 0.0249 e. The molecule has 0 aliphatic heterocycles. The van der Waals surface area contributed by atoms with E-state index in [1.54, 1.807) is 5.56 Å². The first-order valence-corrected chi connectivity index (χ1v) is 14.0. The summed E-state index contributed by atoms with van der Waals surface area (Å²) in [6, 6.07) is 17.8. The van der Waals surface area contributed by atoms with Gasteiger partial charge in [0.2, 0.25) is 0 Å². The Bertz CT molecular complexity index is 892. The van der Waals surface area contributed by atoms with E-state index in [0.717, 1.165) is 41.2 Å². The summed E-state index contributed by atoms with van der Waals surface area (Å²) in [7, 11) is 0. The van der Waals surface area contributed by atoms with Crippen molar-refractivity contribution >= 4 is 0 Å². The summed E-state index contributed by atoms with van der Waals surface area (Å²) in [5, 5.41) is 0. The molecule has 2 aliphatic carbocycles. The number of unbranched alkanes of at least 4 members (excludes halogenated alkanes) is 4. The molecule has 2 fully saturated rings. The number of fused-ring (bicyclic) bond motifs is 1. The zero-order valence-electron chi connectivity index (χ0n) is 21.1. The molecule has 33 heavy (non-hydrogen) atoms. The van der Waals surface area contributed by atoms with Gasteiger partial charge >= 0.3 is 0 Å². The van der Waals surface area contributed by atoms with Crippen LogP contribution < -0.4 is 0 Å². The maximum atomic E-state index is 3.36. The summed E-state index contributed by atoms with van der Waals surface area (Å²) in [5.41, 5.74) is 5.15. The Morgan fingerprint density at radius 1 is 0.667 bits per heavy atom. The second-order valence-electron chi connectivity index (χ2n) is 10.8. The first-order chi connectivity index (χ1) is 16.2. The lowest BCUT2D eigenvalue weighted by Gasteiger charge is -2.42. The topological polar surface area (TPSA) is 0 Å². The first kappa shape index (κ1) is 24.1. The molecule has 0 bridgehead atoms. The molecular weight excluding hydrogens is 396 g/mol. The van der Waals surface area contributed by atoms with Crippen LogP contribution >= 0.6 is 0 Å². The molecule has 0 nitrogen and oxygen atoms in total. The second-order valence-corrected chi connectivity index (χ2v) is 10.8. The maximum absolute atomic E-state index is 3.36. The van der Waals surface area contributed by atoms with Gasteiger partial charge in [-0.05, 0) is 97.6 Å². The molecule has 2 aliphatic rings. The zero-order valence-corrected chi connectivity index (χ0v) is 21.1. The number of rotatable bonds is 8. The predicted molar refractivity (Wildman–Crippen MR) is 143 cm³/mol. The molecule has 4 unspecified atom stereocenters. The summed E-state index contributed by atoms with van der Waals surface area (Å²) < 4.78 is 0. The highest BCUT2D eigenvalue weighted by atomic mass is 14.4. The Kier molecular flexibility index (Phi) is 9.11. The quantitative estimate of drug-likeness (QED) is 0.283. The zero-order chi connectivity index (χ0) is 22.9. The fraction of sp³-hybridized carbons (Fsp3) is 0.576. The van der Waals surface area contributed by atoms with E-state index in [1.807, 2.05) is 0 Å². The first-order valence-electron chi connectivity index (χ1n) is 14.0. The molecule has 0 amide bonds. The third kappa shape index (κ3) is 6.99. The molecule has 0 heterocycles. The standard InChI is InChI=1S/C33H44/c1-3-5-6-7-8-9-29-18-21-33-25-32(23-22-31(33)24-29)30-19-16-28(17-20-30)15-14-27-12-10-26(4-2)11-13-27/h10-13,16-17,19-20,29,31-33H,3-9,18,21-25H2,1-2H3. The van der Waals surface area contributed by atoms with Gasteiger partial charge in [0.05, 0.1) is 0 Å². The minimum absolute atomic E-state index is 0.764. The Morgan fingerprint density at radius 2 is 1.30 bits per heavy atom. The molecule has 2 aromatic carbocycles. The minimum Gasteiger partial charge on any atom is -0.0654 e. The Morgan fingerprint density at radius 3 is 2.00 bits per heavy atom. The van der Waals surface area contributed by atoms with Gasteiger partial charge in [-0.25, -0.2) is 0 Å². The highest BCUT2D eigenvalue weighted by Crippen LogP contribution is 2.48. The van der Waals surface area contributed by atoms with Gasteiger partial charge in [0.25, 0.3) is 0 Å². The highest BCUT2D eigenvalue weighted by Gasteiger charge is 2.35. The van der Waals surface area contributed by atoms with Crippen LogP contribution in [0.3, 0.4) is 0 Å². The van der Waals surface area contributed by atoms with E-state index >= 15 is 0 Å². The summed E-state index contributed by atoms with van der Waals surface area (Å²) in [6.45, 7) is 4.50. The van der Waals surface area contributed by atoms with Gasteiger partial charge in [0, 0.05) is 11.1 Å². The van der Waals surface area contributed by atoms with Crippen LogP contribution in [-0.4, -0.2) is 0 Å². The van der Waals surface area contributed by atoms with E-state index in [2.05, 4.69) is 74.2 Å². The second kappa shape index (κ2) is 12.5. The van der Waals surface area contributed by atoms with Crippen LogP contribution in [0.1, 0.15) is 119 Å². The number of benzene rings is 2. The van der Waals surface area contributed by atoms with Gasteiger partial charge in [0.15, 0.2) is 0 Å². The third-order valence-corrected chi connectivity index (χ3v) is 8.53. The summed E-state index contributed by atoms with van der Waals surface area (Å²) in [4.78, 5) is 0. The van der Waals surface area contributed by atoms with Crippen LogP contribution in [-0.2, 0) is 6.42 Å². The van der Waals surface area contributed by atoms with Crippen molar-refractivity contribution in [2.45, 2.75) is 103 Å². The van der Waals surface area contributed by atoms with Crippen molar-refractivity contribution < 1.29 is 0 Å². The van der Waals surface area contributed by atoms with Gasteiger partial charge in [-0.3, -0.25) is 0 Å². The SMILES string of the molecule is CCCCCCCC1CCC2CC(c3ccc(C#Cc4ccc(CC)cc4)cc3)CCC2C1. The molecule has 0 spiro atoms. The Labute approximate surface area is 203 Å². The van der Waals surface area contributed by atoms with Crippen LogP contribution in [0.25, 0.3) is 0 Å². The van der Waals surface area contributed by atoms with Crippen molar-refractivity contribution in [3.63, 3.8) is 0 Å². The van der Waals surface area contributed by atoms with Crippen molar-refractivity contribution in [1.82, 2.24) is 0 Å². The van der Waals surface area contributed by atoms with E-state index < -0.39 is 0 Å². The normalized spacial score (nSPS) is 24.5. The van der Waals surface area contributed by atoms with Crippen LogP contribution in [0.4, 0.5) is 0 Å². The molecule has 2 saturated carbocycles. The van der Waals surface area contributed by atoms with Crippen LogP contribution in [0.5, 0.6) is 0 Å². The fourth-order valence-electron chi connectivity index (χ4n) is 6.39. The third-order valence-electron chi connectivity index (χ3n) is 8.53. The van der Waals surface area contributed by atoms with Gasteiger partial charge in [-0.1, -0.05) is 94.9 Å². The molecule has 2 aromatic rings. The molecule has 0 heteroatoms. The summed E-state index contributed by atoms with van der Waals surface area (Å²) in [5.74, 6) is 10.5. The average molecular weight is 441 g/mol. The van der Waals surface area contributed by atoms with Crippen molar-refractivity contribution in [3.8, 4) is 11.8 Å². The van der Waals surface area contributed by atoms with E-state index in [4.69, 9.17) is 0 Å². The lowest BCUT2D eigenvalue weighted by atomic mass is 9.63. The van der Waals surface area contributed by atoms with Gasteiger partial charge in [-0.2, -0.15) is 0 Å². The van der Waals surface area contributed by atoms with Crippen molar-refractivity contribution in [2.75, 3.05) is 0 Å². The number of hydrogen-bond donors (Lipinski definition) is 0. The average Bonchev–Trinajstić information content (AvgIpc) is 2.87. The van der Waals surface area contributed by atoms with Gasteiger partial charge < -0.3 is 0 Å². The summed E-state index contributed by atoms with van der Waals surface area (Å²) in [6.07, 6.45) is 18.5. The molecule has 0 N–H and O–H groups in total. The number of hydrogen-bond acceptors (Lipinski definition) is 0. The van der Waals surface area contributed by atoms with Crippen LogP contribution in [0.15, 0.2) is 48.5 Å². The Balaban J connectivity index is 1.25. The molecule has 0 saturated heterocycles. The lowest BCUT2D eigenvalue weighted by molar-refractivity contribution is 0.113. The van der Waals surface area contributed by atoms with Crippen molar-refractivity contribution in [3.05, 3.63) is 70.8 Å². The van der Waals surface area contributed by atoms with Crippen LogP contribution in [0.2, 0.25) is 0 Å². The smallest absolute Gasteiger partial charge is 0.0249 e. The molecular formula is C33H44. The lowest BCUT2D eigenvalue weighted by Crippen LogP contribution is -2.30. The fourth-order valence-corrected chi connectivity index (χ4v) is 6.39. The Hall–Kier alpha value is -2.00. The van der Waals surface area contributed by atoms with Crippen molar-refractivity contribution in [1.29, 1.82) is 0 Å². The van der Waals surface area contributed by atoms with E-state index in [1.165, 1.54) is 82.6 Å². The predicted octanol–water partition coefficient (Wildman–Crippen LogP) is 9.31. The van der Waals surface area contributed by atoms with Crippen molar-refractivity contribution in [2.24, 2.45) is 17.8 Å². The summed E-state index contributed by atoms with van der Waals surface area (Å²) >= 11 is 0. The molecule has 176 valence electrons. The molecule has 4 atom stereocenters. The molecule has 4 rings (SSSR count). The molecule has 0 aromatic heterocycles. The minimum atomic E-state index is 0.764. The van der Waals surface area contributed by atoms with Gasteiger partial charge in [-0.15, -0.1) is 0 Å².